The van der Waals surface area contributed by atoms with E-state index >= 15 is 0 Å². The second kappa shape index (κ2) is 18.7. The van der Waals surface area contributed by atoms with Crippen LogP contribution < -0.4 is 0 Å². The minimum Gasteiger partial charge on any atom is -0.325 e. The Hall–Kier alpha value is 1.68. The summed E-state index contributed by atoms with van der Waals surface area (Å²) >= 11 is 7.21. The number of hydrogen-bond donors (Lipinski definition) is 6. The fourth-order valence-electron chi connectivity index (χ4n) is 0. The van der Waals surface area contributed by atoms with Gasteiger partial charge in [-0.15, -0.1) is 0 Å². The molecule has 11 heteroatoms. The Kier molecular flexibility index (Phi) is 31.2. The predicted octanol–water partition coefficient (Wildman–Crippen LogP) is 2.09. The van der Waals surface area contributed by atoms with Gasteiger partial charge in [0.15, 0.2) is 0 Å². The van der Waals surface area contributed by atoms with E-state index in [0.717, 1.165) is 11.8 Å². The van der Waals surface area contributed by atoms with Gasteiger partial charge in [0.1, 0.15) is 0 Å². The van der Waals surface area contributed by atoms with Crippen LogP contribution in [0.4, 0.5) is 0 Å². The average Bonchev–Trinajstić information content (AvgIpc) is 1.95. The first kappa shape index (κ1) is 33.3. The molecule has 0 saturated heterocycles. The molecule has 0 amide bonds. The monoisotopic (exact) mass is 422 g/mol. The molecular formula is C9H28O6P2S2Zn. The number of hydrogen-bond acceptors (Lipinski definition) is 2. The second-order valence-electron chi connectivity index (χ2n) is 4.56. The molecule has 0 spiro atoms. The van der Waals surface area contributed by atoms with Crippen molar-refractivity contribution >= 4 is 37.1 Å². The molecule has 0 heterocycles. The van der Waals surface area contributed by atoms with Crippen LogP contribution in [-0.2, 0) is 43.1 Å². The van der Waals surface area contributed by atoms with Gasteiger partial charge in [0.25, 0.3) is 0 Å². The van der Waals surface area contributed by atoms with Crippen molar-refractivity contribution in [2.45, 2.75) is 48.0 Å². The van der Waals surface area contributed by atoms with Crippen LogP contribution >= 0.6 is 13.4 Å². The molecule has 0 fully saturated rings. The zero-order valence-electron chi connectivity index (χ0n) is 13.0. The zero-order chi connectivity index (χ0) is 16.9. The minimum absolute atomic E-state index is 0. The van der Waals surface area contributed by atoms with Crippen LogP contribution in [0.5, 0.6) is 0 Å². The Morgan fingerprint density at radius 2 is 0.800 bits per heavy atom. The van der Waals surface area contributed by atoms with Crippen molar-refractivity contribution in [2.75, 3.05) is 0 Å². The van der Waals surface area contributed by atoms with Crippen molar-refractivity contribution in [3.05, 3.63) is 0 Å². The molecule has 0 aromatic carbocycles. The summed E-state index contributed by atoms with van der Waals surface area (Å²) in [5, 5.41) is 0. The maximum absolute atomic E-state index is 7.56. The standard InChI is InChI=1S/C5H12.C4H10.2H3O3PS.Zn/c1-4-5(2)3;1-4(2)3;2*1-4(2,3)5;/h5H,4H2,1-3H3;4H,1-3H3;2*(H3,1,2,3,5);. The molecule has 0 aliphatic heterocycles. The van der Waals surface area contributed by atoms with Crippen molar-refractivity contribution in [3.63, 3.8) is 0 Å². The topological polar surface area (TPSA) is 121 Å². The molecule has 0 atom stereocenters. The van der Waals surface area contributed by atoms with E-state index in [2.05, 4.69) is 65.2 Å². The zero-order valence-corrected chi connectivity index (χ0v) is 19.4. The van der Waals surface area contributed by atoms with Gasteiger partial charge in [-0.1, -0.05) is 48.0 Å². The van der Waals surface area contributed by atoms with E-state index in [-0.39, 0.29) is 19.5 Å². The molecule has 6 nitrogen and oxygen atoms in total. The summed E-state index contributed by atoms with van der Waals surface area (Å²) in [5.74, 6) is 1.72. The first-order chi connectivity index (χ1) is 8.00. The molecule has 0 rings (SSSR count). The molecule has 124 valence electrons. The minimum atomic E-state index is -3.81. The first-order valence-electron chi connectivity index (χ1n) is 5.57. The summed E-state index contributed by atoms with van der Waals surface area (Å²) in [6, 6.07) is 0. The molecule has 0 aromatic heterocycles. The molecule has 0 aliphatic rings. The van der Waals surface area contributed by atoms with E-state index in [9.17, 15) is 0 Å². The summed E-state index contributed by atoms with van der Waals surface area (Å²) in [6.45, 7) is 5.53. The normalized spacial score (nSPS) is 10.1. The van der Waals surface area contributed by atoms with E-state index in [1.54, 1.807) is 0 Å². The van der Waals surface area contributed by atoms with Gasteiger partial charge in [-0.25, -0.2) is 0 Å². The van der Waals surface area contributed by atoms with Crippen molar-refractivity contribution < 1.29 is 48.8 Å². The van der Waals surface area contributed by atoms with Crippen molar-refractivity contribution in [1.82, 2.24) is 0 Å². The quantitative estimate of drug-likeness (QED) is 0.280. The molecule has 0 bridgehead atoms. The maximum Gasteiger partial charge on any atom is 0.319 e. The van der Waals surface area contributed by atoms with Crippen LogP contribution in [-0.4, -0.2) is 29.4 Å². The van der Waals surface area contributed by atoms with Crippen LogP contribution in [0.3, 0.4) is 0 Å². The summed E-state index contributed by atoms with van der Waals surface area (Å²) < 4.78 is 0. The third kappa shape index (κ3) is 506. The van der Waals surface area contributed by atoms with E-state index in [4.69, 9.17) is 29.4 Å². The fraction of sp³-hybridized carbons (Fsp3) is 1.00. The summed E-state index contributed by atoms with van der Waals surface area (Å²) in [7, 11) is 0. The van der Waals surface area contributed by atoms with Crippen LogP contribution in [0.25, 0.3) is 0 Å². The predicted molar refractivity (Wildman–Crippen MR) is 87.5 cm³/mol. The van der Waals surface area contributed by atoms with Gasteiger partial charge in [-0.05, 0) is 35.4 Å². The molecule has 0 radical (unpaired) electrons. The van der Waals surface area contributed by atoms with Crippen LogP contribution in [0.1, 0.15) is 48.0 Å². The Labute approximate surface area is 145 Å². The van der Waals surface area contributed by atoms with Crippen molar-refractivity contribution in [3.8, 4) is 0 Å². The summed E-state index contributed by atoms with van der Waals surface area (Å²) in [6.07, 6.45) is 1.31. The largest absolute Gasteiger partial charge is 0.325 e. The molecule has 6 N–H and O–H groups in total. The van der Waals surface area contributed by atoms with Gasteiger partial charge in [0.2, 0.25) is 0 Å². The average molecular weight is 424 g/mol. The van der Waals surface area contributed by atoms with Gasteiger partial charge >= 0.3 is 13.4 Å². The summed E-state index contributed by atoms with van der Waals surface area (Å²) in [5.41, 5.74) is 0. The van der Waals surface area contributed by atoms with Gasteiger partial charge in [-0.3, -0.25) is 0 Å². The van der Waals surface area contributed by atoms with E-state index in [1.807, 2.05) is 0 Å². The molecule has 20 heavy (non-hydrogen) atoms. The first-order valence-corrected chi connectivity index (χ1v) is 10.9. The van der Waals surface area contributed by atoms with Gasteiger partial charge in [0, 0.05) is 19.5 Å². The summed E-state index contributed by atoms with van der Waals surface area (Å²) in [4.78, 5) is 45.3. The molecule has 0 unspecified atom stereocenters. The van der Waals surface area contributed by atoms with E-state index < -0.39 is 13.4 Å². The molecule has 0 aromatic rings. The molecule has 0 aliphatic carbocycles. The van der Waals surface area contributed by atoms with Gasteiger partial charge < -0.3 is 29.4 Å². The van der Waals surface area contributed by atoms with Crippen LogP contribution in [0.2, 0.25) is 0 Å². The SMILES string of the molecule is CC(C)C.CCC(C)C.OP(O)(O)=S.OP(O)(O)=S.[Zn]. The Bertz CT molecular complexity index is 228. The van der Waals surface area contributed by atoms with Crippen molar-refractivity contribution in [2.24, 2.45) is 11.8 Å². The Morgan fingerprint density at radius 3 is 0.800 bits per heavy atom. The van der Waals surface area contributed by atoms with Crippen LogP contribution in [0.15, 0.2) is 0 Å². The molecular weight excluding hydrogens is 396 g/mol. The van der Waals surface area contributed by atoms with E-state index in [0.29, 0.717) is 0 Å². The Balaban J connectivity index is -0.0000000494. The van der Waals surface area contributed by atoms with E-state index in [1.165, 1.54) is 6.42 Å². The fourth-order valence-corrected chi connectivity index (χ4v) is 0. The number of rotatable bonds is 1. The third-order valence-electron chi connectivity index (χ3n) is 0.816. The van der Waals surface area contributed by atoms with Gasteiger partial charge in [0.05, 0.1) is 0 Å². The van der Waals surface area contributed by atoms with Crippen molar-refractivity contribution in [1.29, 1.82) is 0 Å². The third-order valence-corrected chi connectivity index (χ3v) is 0.816. The van der Waals surface area contributed by atoms with Crippen LogP contribution in [0, 0.1) is 11.8 Å². The smallest absolute Gasteiger partial charge is 0.319 e. The maximum atomic E-state index is 7.56. The molecule has 0 saturated carbocycles. The van der Waals surface area contributed by atoms with Gasteiger partial charge in [-0.2, -0.15) is 0 Å². The second-order valence-corrected chi connectivity index (χ2v) is 9.55. The Morgan fingerprint density at radius 1 is 0.750 bits per heavy atom.